The van der Waals surface area contributed by atoms with Crippen LogP contribution in [-0.2, 0) is 4.79 Å². The number of nitrogens with zero attached hydrogens (tertiary/aromatic N) is 1. The molecule has 0 radical (unpaired) electrons. The summed E-state index contributed by atoms with van der Waals surface area (Å²) in [6.45, 7) is 0.318. The average molecular weight is 377 g/mol. The van der Waals surface area contributed by atoms with Gasteiger partial charge in [0.15, 0.2) is 6.61 Å². The third kappa shape index (κ3) is 4.59. The second-order valence-corrected chi connectivity index (χ2v) is 6.40. The number of aliphatic hydroxyl groups excluding tert-OH is 1. The van der Waals surface area contributed by atoms with E-state index < -0.39 is 0 Å². The third-order valence-electron chi connectivity index (χ3n) is 3.67. The highest BCUT2D eigenvalue weighted by Crippen LogP contribution is 2.28. The molecule has 1 fully saturated rings. The van der Waals surface area contributed by atoms with Gasteiger partial charge in [0, 0.05) is 17.6 Å². The van der Waals surface area contributed by atoms with Gasteiger partial charge in [-0.3, -0.25) is 4.79 Å². The number of halogens is 2. The summed E-state index contributed by atoms with van der Waals surface area (Å²) in [5.74, 6) is 0.501. The maximum absolute atomic E-state index is 12.3. The minimum atomic E-state index is -0.0854. The Kier molecular flexibility index (Phi) is 6.33. The van der Waals surface area contributed by atoms with E-state index >= 15 is 0 Å². The molecule has 0 unspecified atom stereocenters. The van der Waals surface area contributed by atoms with Crippen molar-refractivity contribution in [2.45, 2.75) is 31.7 Å². The van der Waals surface area contributed by atoms with E-state index in [4.69, 9.17) is 21.4 Å². The van der Waals surface area contributed by atoms with Crippen molar-refractivity contribution in [1.29, 1.82) is 0 Å². The van der Waals surface area contributed by atoms with E-state index in [0.717, 1.165) is 30.2 Å². The molecule has 6 heteroatoms. The van der Waals surface area contributed by atoms with E-state index in [1.165, 1.54) is 0 Å². The first-order valence-corrected chi connectivity index (χ1v) is 8.27. The highest BCUT2D eigenvalue weighted by Gasteiger charge is 2.26. The van der Waals surface area contributed by atoms with Crippen LogP contribution in [0.25, 0.3) is 0 Å². The Morgan fingerprint density at radius 3 is 2.76 bits per heavy atom. The molecule has 0 saturated heterocycles. The predicted molar refractivity (Wildman–Crippen MR) is 85.7 cm³/mol. The van der Waals surface area contributed by atoms with Crippen LogP contribution in [0.4, 0.5) is 0 Å². The molecule has 1 aromatic rings. The van der Waals surface area contributed by atoms with Crippen LogP contribution in [0.2, 0.25) is 5.02 Å². The number of benzene rings is 1. The first kappa shape index (κ1) is 16.6. The Morgan fingerprint density at radius 1 is 1.43 bits per heavy atom. The van der Waals surface area contributed by atoms with Crippen LogP contribution in [-0.4, -0.2) is 41.7 Å². The van der Waals surface area contributed by atoms with Crippen LogP contribution in [0.15, 0.2) is 22.7 Å². The molecule has 1 N–H and O–H groups in total. The zero-order valence-corrected chi connectivity index (χ0v) is 14.1. The Hall–Kier alpha value is -0.780. The van der Waals surface area contributed by atoms with Gasteiger partial charge in [-0.15, -0.1) is 0 Å². The molecule has 21 heavy (non-hydrogen) atoms. The van der Waals surface area contributed by atoms with E-state index in [0.29, 0.717) is 17.3 Å². The Labute approximate surface area is 138 Å². The predicted octanol–water partition coefficient (Wildman–Crippen LogP) is 3.24. The molecular weight excluding hydrogens is 358 g/mol. The number of carbonyl (C=O) groups is 1. The molecule has 1 aliphatic rings. The minimum absolute atomic E-state index is 0.0210. The van der Waals surface area contributed by atoms with Gasteiger partial charge in [0.25, 0.3) is 5.91 Å². The fourth-order valence-corrected chi connectivity index (χ4v) is 3.45. The van der Waals surface area contributed by atoms with Gasteiger partial charge >= 0.3 is 0 Å². The van der Waals surface area contributed by atoms with Crippen LogP contribution < -0.4 is 4.74 Å². The van der Waals surface area contributed by atoms with Gasteiger partial charge in [-0.1, -0.05) is 24.4 Å². The molecule has 0 heterocycles. The quantitative estimate of drug-likeness (QED) is 0.829. The Bertz CT molecular complexity index is 492. The molecular formula is C15H19BrClNO3. The van der Waals surface area contributed by atoms with Gasteiger partial charge in [-0.2, -0.15) is 0 Å². The second-order valence-electron chi connectivity index (χ2n) is 5.11. The third-order valence-corrected chi connectivity index (χ3v) is 4.53. The summed E-state index contributed by atoms with van der Waals surface area (Å²) in [6.07, 6.45) is 4.31. The molecule has 0 spiro atoms. The highest BCUT2D eigenvalue weighted by atomic mass is 79.9. The number of hydrogen-bond donors (Lipinski definition) is 1. The fraction of sp³-hybridized carbons (Fsp3) is 0.533. The standard InChI is InChI=1S/C15H19BrClNO3/c16-13-9-11(17)5-6-14(13)21-10-15(20)18(7-8-19)12-3-1-2-4-12/h5-6,9,12,19H,1-4,7-8,10H2. The SMILES string of the molecule is O=C(COc1ccc(Cl)cc1Br)N(CCO)C1CCCC1. The zero-order valence-electron chi connectivity index (χ0n) is 11.7. The maximum atomic E-state index is 12.3. The van der Waals surface area contributed by atoms with Gasteiger partial charge < -0.3 is 14.7 Å². The molecule has 0 atom stereocenters. The van der Waals surface area contributed by atoms with E-state index in [2.05, 4.69) is 15.9 Å². The van der Waals surface area contributed by atoms with Crippen molar-refractivity contribution in [2.75, 3.05) is 19.8 Å². The van der Waals surface area contributed by atoms with Crippen molar-refractivity contribution in [3.63, 3.8) is 0 Å². The Balaban J connectivity index is 1.95. The summed E-state index contributed by atoms with van der Waals surface area (Å²) in [7, 11) is 0. The molecule has 0 bridgehead atoms. The molecule has 116 valence electrons. The van der Waals surface area contributed by atoms with Gasteiger partial charge in [-0.25, -0.2) is 0 Å². The zero-order chi connectivity index (χ0) is 15.2. The number of rotatable bonds is 6. The summed E-state index contributed by atoms with van der Waals surface area (Å²) in [5, 5.41) is 9.75. The summed E-state index contributed by atoms with van der Waals surface area (Å²) >= 11 is 9.23. The average Bonchev–Trinajstić information content (AvgIpc) is 2.97. The first-order chi connectivity index (χ1) is 10.1. The molecule has 1 aliphatic carbocycles. The fourth-order valence-electron chi connectivity index (χ4n) is 2.65. The normalized spacial score (nSPS) is 15.2. The van der Waals surface area contributed by atoms with Gasteiger partial charge in [-0.05, 0) is 47.0 Å². The summed E-state index contributed by atoms with van der Waals surface area (Å²) in [6, 6.07) is 5.41. The lowest BCUT2D eigenvalue weighted by molar-refractivity contribution is -0.136. The highest BCUT2D eigenvalue weighted by molar-refractivity contribution is 9.10. The van der Waals surface area contributed by atoms with Crippen molar-refractivity contribution in [1.82, 2.24) is 4.90 Å². The summed E-state index contributed by atoms with van der Waals surface area (Å²) in [5.41, 5.74) is 0. The van der Waals surface area contributed by atoms with Crippen molar-refractivity contribution >= 4 is 33.4 Å². The molecule has 1 aromatic carbocycles. The van der Waals surface area contributed by atoms with Crippen molar-refractivity contribution in [3.8, 4) is 5.75 Å². The molecule has 0 aromatic heterocycles. The van der Waals surface area contributed by atoms with Gasteiger partial charge in [0.2, 0.25) is 0 Å². The van der Waals surface area contributed by atoms with Crippen molar-refractivity contribution in [3.05, 3.63) is 27.7 Å². The topological polar surface area (TPSA) is 49.8 Å². The van der Waals surface area contributed by atoms with E-state index in [9.17, 15) is 4.79 Å². The van der Waals surface area contributed by atoms with E-state index in [1.54, 1.807) is 23.1 Å². The van der Waals surface area contributed by atoms with Crippen LogP contribution in [0.1, 0.15) is 25.7 Å². The van der Waals surface area contributed by atoms with E-state index in [-0.39, 0.29) is 25.2 Å². The monoisotopic (exact) mass is 375 g/mol. The van der Waals surface area contributed by atoms with Crippen molar-refractivity contribution in [2.24, 2.45) is 0 Å². The summed E-state index contributed by atoms with van der Waals surface area (Å²) < 4.78 is 6.28. The molecule has 4 nitrogen and oxygen atoms in total. The number of aliphatic hydroxyl groups is 1. The minimum Gasteiger partial charge on any atom is -0.483 e. The van der Waals surface area contributed by atoms with Crippen molar-refractivity contribution < 1.29 is 14.6 Å². The largest absolute Gasteiger partial charge is 0.483 e. The lowest BCUT2D eigenvalue weighted by atomic mass is 10.2. The number of ether oxygens (including phenoxy) is 1. The van der Waals surface area contributed by atoms with Gasteiger partial charge in [0.05, 0.1) is 11.1 Å². The number of carbonyl (C=O) groups excluding carboxylic acids is 1. The van der Waals surface area contributed by atoms with Crippen LogP contribution in [0, 0.1) is 0 Å². The molecule has 1 amide bonds. The molecule has 0 aliphatic heterocycles. The van der Waals surface area contributed by atoms with Gasteiger partial charge in [0.1, 0.15) is 5.75 Å². The Morgan fingerprint density at radius 2 is 2.14 bits per heavy atom. The first-order valence-electron chi connectivity index (χ1n) is 7.10. The maximum Gasteiger partial charge on any atom is 0.260 e. The summed E-state index contributed by atoms with van der Waals surface area (Å²) in [4.78, 5) is 14.1. The van der Waals surface area contributed by atoms with E-state index in [1.807, 2.05) is 0 Å². The van der Waals surface area contributed by atoms with Crippen LogP contribution in [0.5, 0.6) is 5.75 Å². The second kappa shape index (κ2) is 8.01. The number of amides is 1. The lowest BCUT2D eigenvalue weighted by Gasteiger charge is -2.28. The molecule has 1 saturated carbocycles. The lowest BCUT2D eigenvalue weighted by Crippen LogP contribution is -2.43. The number of hydrogen-bond acceptors (Lipinski definition) is 3. The molecule has 2 rings (SSSR count). The smallest absolute Gasteiger partial charge is 0.260 e. The van der Waals surface area contributed by atoms with Crippen LogP contribution >= 0.6 is 27.5 Å². The van der Waals surface area contributed by atoms with Crippen LogP contribution in [0.3, 0.4) is 0 Å².